The molecule has 1 aliphatic carbocycles. The van der Waals surface area contributed by atoms with Gasteiger partial charge in [0.1, 0.15) is 11.5 Å². The highest BCUT2D eigenvalue weighted by molar-refractivity contribution is 5.35. The molecule has 7 heteroatoms. The Morgan fingerprint density at radius 2 is 1.96 bits per heavy atom. The van der Waals surface area contributed by atoms with Crippen LogP contribution < -0.4 is 4.90 Å². The van der Waals surface area contributed by atoms with Crippen molar-refractivity contribution in [3.8, 4) is 0 Å². The summed E-state index contributed by atoms with van der Waals surface area (Å²) in [7, 11) is 0. The van der Waals surface area contributed by atoms with E-state index in [1.54, 1.807) is 17.0 Å². The molecule has 0 N–H and O–H groups in total. The Hall–Kier alpha value is -2.18. The lowest BCUT2D eigenvalue weighted by molar-refractivity contribution is -0.141. The summed E-state index contributed by atoms with van der Waals surface area (Å²) in [5.41, 5.74) is -0.151. The zero-order valence-corrected chi connectivity index (χ0v) is 12.2. The summed E-state index contributed by atoms with van der Waals surface area (Å²) in [5.74, 6) is -0.241. The molecule has 0 bridgehead atoms. The van der Waals surface area contributed by atoms with Crippen LogP contribution in [0.4, 0.5) is 23.5 Å². The van der Waals surface area contributed by atoms with Gasteiger partial charge in [-0.2, -0.15) is 13.2 Å². The summed E-state index contributed by atoms with van der Waals surface area (Å²) in [6, 6.07) is 7.22. The van der Waals surface area contributed by atoms with Crippen molar-refractivity contribution in [3.63, 3.8) is 0 Å². The van der Waals surface area contributed by atoms with E-state index in [0.717, 1.165) is 30.7 Å². The van der Waals surface area contributed by atoms with E-state index in [9.17, 15) is 17.6 Å². The number of aromatic nitrogens is 2. The fraction of sp³-hybridized carbons (Fsp3) is 0.375. The number of alkyl halides is 3. The Labute approximate surface area is 131 Å². The first kappa shape index (κ1) is 15.7. The number of rotatable bonds is 5. The van der Waals surface area contributed by atoms with Crippen molar-refractivity contribution in [2.24, 2.45) is 0 Å². The van der Waals surface area contributed by atoms with Gasteiger partial charge >= 0.3 is 6.18 Å². The van der Waals surface area contributed by atoms with Crippen molar-refractivity contribution in [2.75, 3.05) is 11.4 Å². The van der Waals surface area contributed by atoms with Crippen molar-refractivity contribution in [3.05, 3.63) is 53.6 Å². The van der Waals surface area contributed by atoms with Gasteiger partial charge in [0.05, 0.1) is 0 Å². The first-order valence-corrected chi connectivity index (χ1v) is 7.35. The lowest BCUT2D eigenvalue weighted by atomic mass is 10.1. The second-order valence-corrected chi connectivity index (χ2v) is 5.54. The van der Waals surface area contributed by atoms with Gasteiger partial charge in [-0.1, -0.05) is 12.1 Å². The van der Waals surface area contributed by atoms with Crippen molar-refractivity contribution in [1.82, 2.24) is 9.97 Å². The second-order valence-electron chi connectivity index (χ2n) is 5.54. The molecule has 1 fully saturated rings. The van der Waals surface area contributed by atoms with Gasteiger partial charge in [-0.3, -0.25) is 0 Å². The van der Waals surface area contributed by atoms with Gasteiger partial charge in [0.25, 0.3) is 0 Å². The molecule has 23 heavy (non-hydrogen) atoms. The molecule has 122 valence electrons. The van der Waals surface area contributed by atoms with E-state index in [2.05, 4.69) is 9.97 Å². The van der Waals surface area contributed by atoms with Crippen LogP contribution in [0, 0.1) is 5.82 Å². The first-order valence-electron chi connectivity index (χ1n) is 7.35. The summed E-state index contributed by atoms with van der Waals surface area (Å²) < 4.78 is 51.6. The number of benzene rings is 1. The van der Waals surface area contributed by atoms with Gasteiger partial charge in [0, 0.05) is 18.8 Å². The Kier molecular flexibility index (Phi) is 4.19. The van der Waals surface area contributed by atoms with Crippen molar-refractivity contribution >= 4 is 5.95 Å². The van der Waals surface area contributed by atoms with Crippen LogP contribution in [0.2, 0.25) is 0 Å². The van der Waals surface area contributed by atoms with E-state index in [0.29, 0.717) is 13.0 Å². The number of anilines is 1. The minimum atomic E-state index is -4.49. The molecule has 1 saturated carbocycles. The van der Waals surface area contributed by atoms with Gasteiger partial charge < -0.3 is 4.90 Å². The molecule has 3 nitrogen and oxygen atoms in total. The summed E-state index contributed by atoms with van der Waals surface area (Å²) in [5, 5.41) is 0. The maximum absolute atomic E-state index is 13.2. The molecule has 0 aliphatic heterocycles. The topological polar surface area (TPSA) is 29.0 Å². The highest BCUT2D eigenvalue weighted by Crippen LogP contribution is 2.32. The van der Waals surface area contributed by atoms with E-state index in [1.165, 1.54) is 12.1 Å². The lowest BCUT2D eigenvalue weighted by Gasteiger charge is -2.23. The Morgan fingerprint density at radius 1 is 1.17 bits per heavy atom. The zero-order valence-electron chi connectivity index (χ0n) is 12.2. The molecule has 0 spiro atoms. The maximum atomic E-state index is 13.2. The molecule has 0 amide bonds. The van der Waals surface area contributed by atoms with Crippen LogP contribution in [-0.2, 0) is 12.6 Å². The smallest absolute Gasteiger partial charge is 0.337 e. The van der Waals surface area contributed by atoms with Crippen LogP contribution in [0.5, 0.6) is 0 Å². The third-order valence-electron chi connectivity index (χ3n) is 3.71. The summed E-state index contributed by atoms with van der Waals surface area (Å²) >= 11 is 0. The quantitative estimate of drug-likeness (QED) is 0.782. The first-order chi connectivity index (χ1) is 10.9. The summed E-state index contributed by atoms with van der Waals surface area (Å²) in [4.78, 5) is 9.41. The third-order valence-corrected chi connectivity index (χ3v) is 3.71. The number of nitrogens with zero attached hydrogens (tertiary/aromatic N) is 3. The molecular formula is C16H15F4N3. The fourth-order valence-electron chi connectivity index (χ4n) is 2.42. The van der Waals surface area contributed by atoms with Gasteiger partial charge in [-0.25, -0.2) is 14.4 Å². The van der Waals surface area contributed by atoms with Gasteiger partial charge in [-0.15, -0.1) is 0 Å². The molecule has 1 aromatic heterocycles. The molecule has 1 aliphatic rings. The Bertz CT molecular complexity index is 683. The van der Waals surface area contributed by atoms with Crippen LogP contribution >= 0.6 is 0 Å². The molecule has 3 rings (SSSR count). The monoisotopic (exact) mass is 325 g/mol. The Morgan fingerprint density at radius 3 is 2.61 bits per heavy atom. The fourth-order valence-corrected chi connectivity index (χ4v) is 2.42. The van der Waals surface area contributed by atoms with Gasteiger partial charge in [-0.05, 0) is 43.0 Å². The van der Waals surface area contributed by atoms with E-state index in [4.69, 9.17) is 0 Å². The number of halogens is 4. The standard InChI is InChI=1S/C16H15F4N3/c17-12-3-1-2-11(10-12)7-9-23(13-4-5-13)15-21-8-6-14(22-15)16(18,19)20/h1-3,6,8,10,13H,4-5,7,9H2. The minimum Gasteiger partial charge on any atom is -0.337 e. The predicted molar refractivity (Wildman–Crippen MR) is 77.5 cm³/mol. The maximum Gasteiger partial charge on any atom is 0.433 e. The molecule has 0 saturated heterocycles. The summed E-state index contributed by atoms with van der Waals surface area (Å²) in [6.45, 7) is 0.454. The van der Waals surface area contributed by atoms with E-state index >= 15 is 0 Å². The van der Waals surface area contributed by atoms with Crippen LogP contribution in [0.3, 0.4) is 0 Å². The van der Waals surface area contributed by atoms with Crippen molar-refractivity contribution in [1.29, 1.82) is 0 Å². The van der Waals surface area contributed by atoms with Crippen molar-refractivity contribution < 1.29 is 17.6 Å². The molecule has 0 radical (unpaired) electrons. The minimum absolute atomic E-state index is 0.0822. The highest BCUT2D eigenvalue weighted by Gasteiger charge is 2.35. The normalized spacial score (nSPS) is 14.8. The van der Waals surface area contributed by atoms with Crippen LogP contribution in [0.15, 0.2) is 36.5 Å². The van der Waals surface area contributed by atoms with Gasteiger partial charge in [0.2, 0.25) is 5.95 Å². The second kappa shape index (κ2) is 6.14. The average Bonchev–Trinajstić information content (AvgIpc) is 3.32. The molecule has 0 unspecified atom stereocenters. The lowest BCUT2D eigenvalue weighted by Crippen LogP contribution is -2.30. The Balaban J connectivity index is 1.77. The van der Waals surface area contributed by atoms with Crippen LogP contribution in [-0.4, -0.2) is 22.6 Å². The van der Waals surface area contributed by atoms with Gasteiger partial charge in [0.15, 0.2) is 0 Å². The SMILES string of the molecule is Fc1cccc(CCN(c2nccc(C(F)(F)F)n2)C2CC2)c1. The van der Waals surface area contributed by atoms with E-state index in [1.807, 2.05) is 0 Å². The largest absolute Gasteiger partial charge is 0.433 e. The molecular weight excluding hydrogens is 310 g/mol. The molecule has 0 atom stereocenters. The summed E-state index contributed by atoms with van der Waals surface area (Å²) in [6.07, 6.45) is -1.03. The van der Waals surface area contributed by atoms with E-state index < -0.39 is 11.9 Å². The van der Waals surface area contributed by atoms with Crippen molar-refractivity contribution in [2.45, 2.75) is 31.5 Å². The van der Waals surface area contributed by atoms with E-state index in [-0.39, 0.29) is 17.8 Å². The number of hydrogen-bond donors (Lipinski definition) is 0. The number of hydrogen-bond acceptors (Lipinski definition) is 3. The van der Waals surface area contributed by atoms with Crippen LogP contribution in [0.25, 0.3) is 0 Å². The van der Waals surface area contributed by atoms with Crippen LogP contribution in [0.1, 0.15) is 24.1 Å². The molecule has 2 aromatic rings. The third kappa shape index (κ3) is 3.97. The zero-order chi connectivity index (χ0) is 16.4. The predicted octanol–water partition coefficient (Wildman–Crippen LogP) is 3.85. The average molecular weight is 325 g/mol. The molecule has 1 aromatic carbocycles. The molecule has 1 heterocycles. The highest BCUT2D eigenvalue weighted by atomic mass is 19.4.